The van der Waals surface area contributed by atoms with Crippen LogP contribution in [0.15, 0.2) is 59.5 Å². The molecule has 0 atom stereocenters. The SMILES string of the molecule is O=C(CN1CCN(C(=O)CSc2ccc(Cl)cc2)CC1)Nc1ccccc1. The zero-order valence-corrected chi connectivity index (χ0v) is 16.5. The summed E-state index contributed by atoms with van der Waals surface area (Å²) >= 11 is 7.39. The number of nitrogens with one attached hydrogen (secondary N) is 1. The standard InChI is InChI=1S/C20H22ClN3O2S/c21-16-6-8-18(9-7-16)27-15-20(26)24-12-10-23(11-13-24)14-19(25)22-17-4-2-1-3-5-17/h1-9H,10-15H2,(H,22,25). The van der Waals surface area contributed by atoms with E-state index in [1.54, 1.807) is 0 Å². The molecule has 2 aromatic carbocycles. The second kappa shape index (κ2) is 9.78. The van der Waals surface area contributed by atoms with Gasteiger partial charge in [0, 0.05) is 41.8 Å². The Kier molecular flexibility index (Phi) is 7.15. The number of anilines is 1. The summed E-state index contributed by atoms with van der Waals surface area (Å²) < 4.78 is 0. The minimum Gasteiger partial charge on any atom is -0.339 e. The van der Waals surface area contributed by atoms with Gasteiger partial charge in [-0.2, -0.15) is 0 Å². The molecular formula is C20H22ClN3O2S. The van der Waals surface area contributed by atoms with Crippen LogP contribution in [0.2, 0.25) is 5.02 Å². The number of thioether (sulfide) groups is 1. The van der Waals surface area contributed by atoms with Gasteiger partial charge in [-0.15, -0.1) is 11.8 Å². The van der Waals surface area contributed by atoms with E-state index in [0.29, 0.717) is 43.5 Å². The van der Waals surface area contributed by atoms with E-state index in [-0.39, 0.29) is 11.8 Å². The maximum absolute atomic E-state index is 12.4. The number of piperazine rings is 1. The topological polar surface area (TPSA) is 52.7 Å². The largest absolute Gasteiger partial charge is 0.339 e. The lowest BCUT2D eigenvalue weighted by Gasteiger charge is -2.34. The first-order chi connectivity index (χ1) is 13.1. The van der Waals surface area contributed by atoms with Gasteiger partial charge >= 0.3 is 0 Å². The van der Waals surface area contributed by atoms with Crippen LogP contribution in [-0.4, -0.2) is 60.1 Å². The Morgan fingerprint density at radius 2 is 1.63 bits per heavy atom. The lowest BCUT2D eigenvalue weighted by Crippen LogP contribution is -2.50. The van der Waals surface area contributed by atoms with Gasteiger partial charge in [0.2, 0.25) is 11.8 Å². The molecule has 7 heteroatoms. The Labute approximate surface area is 168 Å². The van der Waals surface area contributed by atoms with E-state index < -0.39 is 0 Å². The summed E-state index contributed by atoms with van der Waals surface area (Å²) in [5, 5.41) is 3.58. The summed E-state index contributed by atoms with van der Waals surface area (Å²) in [5.74, 6) is 0.512. The second-order valence-corrected chi connectivity index (χ2v) is 7.80. The molecule has 0 spiro atoms. The normalized spacial score (nSPS) is 14.8. The number of carbonyl (C=O) groups is 2. The fourth-order valence-electron chi connectivity index (χ4n) is 2.85. The highest BCUT2D eigenvalue weighted by atomic mass is 35.5. The summed E-state index contributed by atoms with van der Waals surface area (Å²) in [6, 6.07) is 16.9. The molecule has 0 unspecified atom stereocenters. The van der Waals surface area contributed by atoms with Crippen molar-refractivity contribution in [3.8, 4) is 0 Å². The van der Waals surface area contributed by atoms with E-state index in [0.717, 1.165) is 10.6 Å². The van der Waals surface area contributed by atoms with Gasteiger partial charge in [0.1, 0.15) is 0 Å². The number of carbonyl (C=O) groups excluding carboxylic acids is 2. The van der Waals surface area contributed by atoms with E-state index in [9.17, 15) is 9.59 Å². The van der Waals surface area contributed by atoms with Crippen LogP contribution in [0.1, 0.15) is 0 Å². The third-order valence-corrected chi connectivity index (χ3v) is 5.57. The van der Waals surface area contributed by atoms with Gasteiger partial charge in [-0.05, 0) is 36.4 Å². The van der Waals surface area contributed by atoms with Crippen molar-refractivity contribution in [3.05, 3.63) is 59.6 Å². The van der Waals surface area contributed by atoms with E-state index >= 15 is 0 Å². The van der Waals surface area contributed by atoms with Crippen molar-refractivity contribution < 1.29 is 9.59 Å². The quantitative estimate of drug-likeness (QED) is 0.752. The smallest absolute Gasteiger partial charge is 0.238 e. The molecular weight excluding hydrogens is 382 g/mol. The average Bonchev–Trinajstić information content (AvgIpc) is 2.68. The first kappa shape index (κ1) is 19.7. The molecule has 0 saturated carbocycles. The number of halogens is 1. The maximum Gasteiger partial charge on any atom is 0.238 e. The molecule has 27 heavy (non-hydrogen) atoms. The number of amides is 2. The molecule has 0 radical (unpaired) electrons. The fraction of sp³-hybridized carbons (Fsp3) is 0.300. The lowest BCUT2D eigenvalue weighted by atomic mass is 10.3. The van der Waals surface area contributed by atoms with Gasteiger partial charge in [-0.3, -0.25) is 14.5 Å². The lowest BCUT2D eigenvalue weighted by molar-refractivity contribution is -0.130. The van der Waals surface area contributed by atoms with Crippen molar-refractivity contribution in [2.75, 3.05) is 43.8 Å². The van der Waals surface area contributed by atoms with E-state index in [1.807, 2.05) is 59.5 Å². The Morgan fingerprint density at radius 3 is 2.30 bits per heavy atom. The third-order valence-electron chi connectivity index (χ3n) is 4.33. The molecule has 0 aromatic heterocycles. The number of hydrogen-bond acceptors (Lipinski definition) is 4. The van der Waals surface area contributed by atoms with Crippen molar-refractivity contribution in [2.24, 2.45) is 0 Å². The number of nitrogens with zero attached hydrogens (tertiary/aromatic N) is 2. The fourth-order valence-corrected chi connectivity index (χ4v) is 3.77. The zero-order chi connectivity index (χ0) is 19.1. The van der Waals surface area contributed by atoms with E-state index in [4.69, 9.17) is 11.6 Å². The summed E-state index contributed by atoms with van der Waals surface area (Å²) in [4.78, 5) is 29.5. The van der Waals surface area contributed by atoms with Gasteiger partial charge in [0.05, 0.1) is 12.3 Å². The Hall–Kier alpha value is -2.02. The Morgan fingerprint density at radius 1 is 0.963 bits per heavy atom. The van der Waals surface area contributed by atoms with Gasteiger partial charge < -0.3 is 10.2 Å². The van der Waals surface area contributed by atoms with Crippen LogP contribution in [0.3, 0.4) is 0 Å². The Bertz CT molecular complexity index is 763. The van der Waals surface area contributed by atoms with Crippen LogP contribution in [0.4, 0.5) is 5.69 Å². The molecule has 0 bridgehead atoms. The molecule has 142 valence electrons. The van der Waals surface area contributed by atoms with Crippen LogP contribution >= 0.6 is 23.4 Å². The van der Waals surface area contributed by atoms with Crippen molar-refractivity contribution in [1.82, 2.24) is 9.80 Å². The summed E-state index contributed by atoms with van der Waals surface area (Å²) in [5.41, 5.74) is 0.801. The summed E-state index contributed by atoms with van der Waals surface area (Å²) in [6.45, 7) is 3.06. The number of rotatable bonds is 6. The molecule has 5 nitrogen and oxygen atoms in total. The van der Waals surface area contributed by atoms with Crippen LogP contribution in [0.25, 0.3) is 0 Å². The molecule has 2 aromatic rings. The first-order valence-corrected chi connectivity index (χ1v) is 10.2. The monoisotopic (exact) mass is 403 g/mol. The second-order valence-electron chi connectivity index (χ2n) is 6.31. The van der Waals surface area contributed by atoms with Gasteiger partial charge in [-0.1, -0.05) is 29.8 Å². The Balaban J connectivity index is 1.38. The number of hydrogen-bond donors (Lipinski definition) is 1. The van der Waals surface area contributed by atoms with Crippen molar-refractivity contribution in [1.29, 1.82) is 0 Å². The van der Waals surface area contributed by atoms with Crippen LogP contribution in [-0.2, 0) is 9.59 Å². The predicted octanol–water partition coefficient (Wildman–Crippen LogP) is 3.22. The predicted molar refractivity (Wildman–Crippen MR) is 110 cm³/mol. The minimum absolute atomic E-state index is 0.0285. The molecule has 1 aliphatic heterocycles. The summed E-state index contributed by atoms with van der Waals surface area (Å²) in [6.07, 6.45) is 0. The van der Waals surface area contributed by atoms with Crippen LogP contribution in [0.5, 0.6) is 0 Å². The van der Waals surface area contributed by atoms with Crippen molar-refractivity contribution >= 4 is 40.9 Å². The molecule has 0 aliphatic carbocycles. The molecule has 2 amide bonds. The summed E-state index contributed by atoms with van der Waals surface area (Å²) in [7, 11) is 0. The molecule has 1 aliphatic rings. The van der Waals surface area contributed by atoms with Crippen molar-refractivity contribution in [3.63, 3.8) is 0 Å². The van der Waals surface area contributed by atoms with Gasteiger partial charge in [-0.25, -0.2) is 0 Å². The van der Waals surface area contributed by atoms with E-state index in [1.165, 1.54) is 11.8 Å². The average molecular weight is 404 g/mol. The minimum atomic E-state index is -0.0285. The number of para-hydroxylation sites is 1. The zero-order valence-electron chi connectivity index (χ0n) is 14.9. The first-order valence-electron chi connectivity index (χ1n) is 8.83. The van der Waals surface area contributed by atoms with Gasteiger partial charge in [0.25, 0.3) is 0 Å². The molecule has 1 heterocycles. The highest BCUT2D eigenvalue weighted by molar-refractivity contribution is 8.00. The number of benzene rings is 2. The highest BCUT2D eigenvalue weighted by Gasteiger charge is 2.22. The maximum atomic E-state index is 12.4. The van der Waals surface area contributed by atoms with Crippen LogP contribution < -0.4 is 5.32 Å². The van der Waals surface area contributed by atoms with Gasteiger partial charge in [0.15, 0.2) is 0 Å². The highest BCUT2D eigenvalue weighted by Crippen LogP contribution is 2.21. The van der Waals surface area contributed by atoms with Crippen LogP contribution in [0, 0.1) is 0 Å². The molecule has 1 fully saturated rings. The van der Waals surface area contributed by atoms with Crippen molar-refractivity contribution in [2.45, 2.75) is 4.90 Å². The third kappa shape index (κ3) is 6.27. The van der Waals surface area contributed by atoms with E-state index in [2.05, 4.69) is 10.2 Å². The molecule has 3 rings (SSSR count). The molecule has 1 saturated heterocycles. The molecule has 1 N–H and O–H groups in total.